The zero-order valence-electron chi connectivity index (χ0n) is 16.5. The summed E-state index contributed by atoms with van der Waals surface area (Å²) in [7, 11) is -4.18. The van der Waals surface area contributed by atoms with E-state index < -0.39 is 29.2 Å². The Morgan fingerprint density at radius 1 is 1.13 bits per heavy atom. The van der Waals surface area contributed by atoms with Crippen molar-refractivity contribution >= 4 is 15.7 Å². The first-order valence-electron chi connectivity index (χ1n) is 9.41. The molecule has 0 aliphatic carbocycles. The normalized spacial score (nSPS) is 12.0. The van der Waals surface area contributed by atoms with E-state index in [0.717, 1.165) is 12.8 Å². The molecule has 166 valence electrons. The van der Waals surface area contributed by atoms with E-state index in [1.807, 2.05) is 6.92 Å². The molecule has 0 radical (unpaired) electrons. The van der Waals surface area contributed by atoms with Crippen LogP contribution in [0.1, 0.15) is 31.7 Å². The average molecular weight is 446 g/mol. The molecule has 0 saturated carbocycles. The van der Waals surface area contributed by atoms with Crippen molar-refractivity contribution in [2.45, 2.75) is 43.9 Å². The highest BCUT2D eigenvalue weighted by Gasteiger charge is 2.26. The van der Waals surface area contributed by atoms with Gasteiger partial charge in [-0.25, -0.2) is 13.6 Å². The average Bonchev–Trinajstić information content (AvgIpc) is 2.66. The van der Waals surface area contributed by atoms with E-state index in [-0.39, 0.29) is 17.3 Å². The van der Waals surface area contributed by atoms with Crippen LogP contribution in [0.4, 0.5) is 18.9 Å². The second-order valence-corrected chi connectivity index (χ2v) is 8.16. The maximum Gasteiger partial charge on any atom is 0.391 e. The van der Waals surface area contributed by atoms with Crippen molar-refractivity contribution in [3.63, 3.8) is 0 Å². The molecule has 0 heterocycles. The molecule has 0 atom stereocenters. The van der Waals surface area contributed by atoms with Gasteiger partial charge in [0, 0.05) is 6.54 Å². The maximum absolute atomic E-state index is 12.3. The highest BCUT2D eigenvalue weighted by molar-refractivity contribution is 7.89. The van der Waals surface area contributed by atoms with Crippen molar-refractivity contribution in [3.8, 4) is 11.5 Å². The van der Waals surface area contributed by atoms with E-state index in [1.165, 1.54) is 6.07 Å². The van der Waals surface area contributed by atoms with Crippen LogP contribution in [0.25, 0.3) is 0 Å². The van der Waals surface area contributed by atoms with Gasteiger partial charge in [-0.1, -0.05) is 31.5 Å². The van der Waals surface area contributed by atoms with Crippen molar-refractivity contribution in [1.82, 2.24) is 0 Å². The van der Waals surface area contributed by atoms with E-state index in [2.05, 4.69) is 5.32 Å². The summed E-state index contributed by atoms with van der Waals surface area (Å²) in [6, 6.07) is 11.4. The maximum atomic E-state index is 12.3. The van der Waals surface area contributed by atoms with Crippen molar-refractivity contribution < 1.29 is 31.1 Å². The number of nitrogens with two attached hydrogens (primary N) is 1. The van der Waals surface area contributed by atoms with E-state index in [1.54, 1.807) is 36.4 Å². The van der Waals surface area contributed by atoms with Gasteiger partial charge >= 0.3 is 6.18 Å². The van der Waals surface area contributed by atoms with Gasteiger partial charge in [-0.2, -0.15) is 13.2 Å². The lowest BCUT2D eigenvalue weighted by atomic mass is 10.2. The third-order valence-electron chi connectivity index (χ3n) is 4.03. The predicted molar refractivity (Wildman–Crippen MR) is 108 cm³/mol. The van der Waals surface area contributed by atoms with Crippen LogP contribution in [-0.2, 0) is 21.4 Å². The molecule has 0 aromatic heterocycles. The Labute approximate surface area is 174 Å². The van der Waals surface area contributed by atoms with Gasteiger partial charge in [0.15, 0.2) is 5.75 Å². The number of rotatable bonds is 11. The highest BCUT2D eigenvalue weighted by Crippen LogP contribution is 2.37. The van der Waals surface area contributed by atoms with Crippen molar-refractivity contribution in [3.05, 3.63) is 48.0 Å². The van der Waals surface area contributed by atoms with Crippen LogP contribution in [0.2, 0.25) is 0 Å². The summed E-state index contributed by atoms with van der Waals surface area (Å²) >= 11 is 0. The number of ether oxygens (including phenoxy) is 2. The third-order valence-corrected chi connectivity index (χ3v) is 4.94. The van der Waals surface area contributed by atoms with Gasteiger partial charge in [-0.3, -0.25) is 0 Å². The Balaban J connectivity index is 2.36. The summed E-state index contributed by atoms with van der Waals surface area (Å²) < 4.78 is 72.2. The molecule has 0 spiro atoms. The first kappa shape index (κ1) is 24.0. The van der Waals surface area contributed by atoms with Gasteiger partial charge in [-0.15, -0.1) is 0 Å². The van der Waals surface area contributed by atoms with Crippen molar-refractivity contribution in [2.75, 3.05) is 18.5 Å². The number of benzene rings is 2. The van der Waals surface area contributed by atoms with Crippen molar-refractivity contribution in [1.29, 1.82) is 0 Å². The number of alkyl halides is 3. The van der Waals surface area contributed by atoms with E-state index in [4.69, 9.17) is 14.6 Å². The van der Waals surface area contributed by atoms with Crippen LogP contribution in [0.15, 0.2) is 47.4 Å². The topological polar surface area (TPSA) is 90.6 Å². The SMILES string of the molecule is CCCCNc1cc(COCCC(F)(F)F)cc(S(N)(=O)=O)c1Oc1ccccc1. The van der Waals surface area contributed by atoms with Crippen LogP contribution < -0.4 is 15.2 Å². The fourth-order valence-corrected chi connectivity index (χ4v) is 3.30. The molecule has 10 heteroatoms. The van der Waals surface area contributed by atoms with Crippen molar-refractivity contribution in [2.24, 2.45) is 5.14 Å². The van der Waals surface area contributed by atoms with Gasteiger partial charge < -0.3 is 14.8 Å². The zero-order valence-corrected chi connectivity index (χ0v) is 17.4. The summed E-state index contributed by atoms with van der Waals surface area (Å²) in [6.45, 7) is 1.82. The fourth-order valence-electron chi connectivity index (χ4n) is 2.57. The summed E-state index contributed by atoms with van der Waals surface area (Å²) in [6.07, 6.45) is -3.69. The van der Waals surface area contributed by atoms with Crippen LogP contribution in [0.3, 0.4) is 0 Å². The number of hydrogen-bond acceptors (Lipinski definition) is 5. The standard InChI is InChI=1S/C20H25F3N2O4S/c1-2-3-10-25-17-12-15(14-28-11-9-20(21,22)23)13-18(30(24,26)27)19(17)29-16-7-5-4-6-8-16/h4-8,12-13,25H,2-3,9-11,14H2,1H3,(H2,24,26,27). The number of sulfonamides is 1. The minimum atomic E-state index is -4.33. The molecule has 2 aromatic rings. The smallest absolute Gasteiger partial charge is 0.391 e. The fraction of sp³-hybridized carbons (Fsp3) is 0.400. The minimum absolute atomic E-state index is 0.0267. The van der Waals surface area contributed by atoms with Crippen LogP contribution in [0.5, 0.6) is 11.5 Å². The molecular weight excluding hydrogens is 421 g/mol. The Hall–Kier alpha value is -2.30. The third kappa shape index (κ3) is 7.85. The van der Waals surface area contributed by atoms with Gasteiger partial charge in [-0.05, 0) is 36.2 Å². The Morgan fingerprint density at radius 2 is 1.83 bits per heavy atom. The lowest BCUT2D eigenvalue weighted by molar-refractivity contribution is -0.146. The summed E-state index contributed by atoms with van der Waals surface area (Å²) in [5, 5.41) is 8.51. The number of anilines is 1. The lowest BCUT2D eigenvalue weighted by Crippen LogP contribution is -2.16. The number of para-hydroxylation sites is 1. The summed E-state index contributed by atoms with van der Waals surface area (Å²) in [4.78, 5) is -0.276. The number of halogens is 3. The Morgan fingerprint density at radius 3 is 2.43 bits per heavy atom. The highest BCUT2D eigenvalue weighted by atomic mass is 32.2. The molecule has 0 aliphatic heterocycles. The van der Waals surface area contributed by atoms with Crippen LogP contribution in [-0.4, -0.2) is 27.7 Å². The molecule has 0 unspecified atom stereocenters. The van der Waals surface area contributed by atoms with Gasteiger partial charge in [0.25, 0.3) is 0 Å². The number of primary sulfonamides is 1. The van der Waals surface area contributed by atoms with E-state index >= 15 is 0 Å². The largest absolute Gasteiger partial charge is 0.454 e. The minimum Gasteiger partial charge on any atom is -0.454 e. The summed E-state index contributed by atoms with van der Waals surface area (Å²) in [5.41, 5.74) is 0.730. The number of hydrogen-bond donors (Lipinski definition) is 2. The Bertz CT molecular complexity index is 920. The van der Waals surface area contributed by atoms with Gasteiger partial charge in [0.05, 0.1) is 25.3 Å². The molecule has 30 heavy (non-hydrogen) atoms. The molecule has 2 rings (SSSR count). The van der Waals surface area contributed by atoms with E-state index in [9.17, 15) is 21.6 Å². The summed E-state index contributed by atoms with van der Waals surface area (Å²) in [5.74, 6) is 0.439. The molecule has 0 bridgehead atoms. The lowest BCUT2D eigenvalue weighted by Gasteiger charge is -2.18. The Kier molecular flexibility index (Phi) is 8.51. The molecule has 3 N–H and O–H groups in total. The molecule has 6 nitrogen and oxygen atoms in total. The van der Waals surface area contributed by atoms with Gasteiger partial charge in [0.2, 0.25) is 10.0 Å². The molecule has 2 aromatic carbocycles. The molecular formula is C20H25F3N2O4S. The molecule has 0 saturated heterocycles. The first-order chi connectivity index (χ1) is 14.1. The molecule has 0 aliphatic rings. The van der Waals surface area contributed by atoms with Crippen LogP contribution in [0, 0.1) is 0 Å². The number of unbranched alkanes of at least 4 members (excludes halogenated alkanes) is 1. The molecule has 0 fully saturated rings. The second-order valence-electron chi connectivity index (χ2n) is 6.63. The molecule has 0 amide bonds. The zero-order chi connectivity index (χ0) is 22.2. The van der Waals surface area contributed by atoms with Crippen LogP contribution >= 0.6 is 0 Å². The number of nitrogens with one attached hydrogen (secondary N) is 1. The van der Waals surface area contributed by atoms with Gasteiger partial charge in [0.1, 0.15) is 10.6 Å². The quantitative estimate of drug-likeness (QED) is 0.484. The second kappa shape index (κ2) is 10.6. The first-order valence-corrected chi connectivity index (χ1v) is 11.0. The monoisotopic (exact) mass is 446 g/mol. The predicted octanol–water partition coefficient (Wildman–Crippen LogP) is 4.81. The van der Waals surface area contributed by atoms with E-state index in [0.29, 0.717) is 23.5 Å².